The summed E-state index contributed by atoms with van der Waals surface area (Å²) in [5, 5.41) is 0.699. The first-order chi connectivity index (χ1) is 9.70. The van der Waals surface area contributed by atoms with Crippen LogP contribution in [0.15, 0.2) is 52.9 Å². The molecule has 3 rings (SSSR count). The third kappa shape index (κ3) is 1.91. The van der Waals surface area contributed by atoms with Gasteiger partial charge in [-0.1, -0.05) is 30.3 Å². The van der Waals surface area contributed by atoms with Crippen LogP contribution in [0.4, 0.5) is 5.69 Å². The first-order valence-corrected chi connectivity index (χ1v) is 6.16. The van der Waals surface area contributed by atoms with Gasteiger partial charge in [0.15, 0.2) is 0 Å². The summed E-state index contributed by atoms with van der Waals surface area (Å²) in [6.07, 6.45) is 0. The summed E-state index contributed by atoms with van der Waals surface area (Å²) in [5.41, 5.74) is 8.16. The molecule has 0 spiro atoms. The van der Waals surface area contributed by atoms with E-state index < -0.39 is 5.97 Å². The number of hydrogen-bond donors (Lipinski definition) is 1. The number of fused-ring (bicyclic) bond motifs is 1. The number of anilines is 1. The fraction of sp³-hybridized carbons (Fsp3) is 0.0625. The van der Waals surface area contributed by atoms with Crippen molar-refractivity contribution in [3.63, 3.8) is 0 Å². The molecule has 1 aromatic heterocycles. The van der Waals surface area contributed by atoms with Crippen LogP contribution in [0.3, 0.4) is 0 Å². The van der Waals surface area contributed by atoms with Crippen LogP contribution in [-0.2, 0) is 4.74 Å². The average Bonchev–Trinajstić information content (AvgIpc) is 2.85. The van der Waals surface area contributed by atoms with Gasteiger partial charge in [0.1, 0.15) is 16.9 Å². The molecule has 0 aliphatic carbocycles. The Kier molecular flexibility index (Phi) is 2.91. The Labute approximate surface area is 115 Å². The lowest BCUT2D eigenvalue weighted by atomic mass is 10.1. The molecule has 2 N–H and O–H groups in total. The third-order valence-corrected chi connectivity index (χ3v) is 3.14. The molecule has 0 aliphatic rings. The van der Waals surface area contributed by atoms with E-state index in [4.69, 9.17) is 14.9 Å². The van der Waals surface area contributed by atoms with Crippen molar-refractivity contribution in [1.29, 1.82) is 0 Å². The fourth-order valence-electron chi connectivity index (χ4n) is 2.21. The minimum atomic E-state index is -0.424. The molecular weight excluding hydrogens is 254 g/mol. The molecule has 0 bridgehead atoms. The molecule has 0 atom stereocenters. The van der Waals surface area contributed by atoms with E-state index in [1.54, 1.807) is 18.2 Å². The van der Waals surface area contributed by atoms with Crippen molar-refractivity contribution in [2.75, 3.05) is 12.8 Å². The Morgan fingerprint density at radius 1 is 1.15 bits per heavy atom. The van der Waals surface area contributed by atoms with E-state index in [1.807, 2.05) is 30.3 Å². The fourth-order valence-corrected chi connectivity index (χ4v) is 2.21. The molecule has 1 heterocycles. The first-order valence-electron chi connectivity index (χ1n) is 6.16. The number of rotatable bonds is 2. The maximum absolute atomic E-state index is 12.1. The van der Waals surface area contributed by atoms with Gasteiger partial charge in [0.2, 0.25) is 0 Å². The highest BCUT2D eigenvalue weighted by Gasteiger charge is 2.22. The molecular formula is C16H13NO3. The predicted octanol–water partition coefficient (Wildman–Crippen LogP) is 3.47. The van der Waals surface area contributed by atoms with Crippen LogP contribution in [0.1, 0.15) is 10.4 Å². The zero-order valence-electron chi connectivity index (χ0n) is 10.9. The van der Waals surface area contributed by atoms with E-state index >= 15 is 0 Å². The van der Waals surface area contributed by atoms with E-state index in [2.05, 4.69) is 0 Å². The van der Waals surface area contributed by atoms with Crippen LogP contribution < -0.4 is 5.73 Å². The molecule has 0 fully saturated rings. The van der Waals surface area contributed by atoms with E-state index in [9.17, 15) is 4.79 Å². The number of benzene rings is 2. The lowest BCUT2D eigenvalue weighted by Gasteiger charge is -2.01. The first kappa shape index (κ1) is 12.3. The van der Waals surface area contributed by atoms with Crippen molar-refractivity contribution in [2.45, 2.75) is 0 Å². The molecule has 0 saturated heterocycles. The molecule has 100 valence electrons. The average molecular weight is 267 g/mol. The molecule has 0 radical (unpaired) electrons. The summed E-state index contributed by atoms with van der Waals surface area (Å²) >= 11 is 0. The van der Waals surface area contributed by atoms with Crippen LogP contribution in [0.2, 0.25) is 0 Å². The summed E-state index contributed by atoms with van der Waals surface area (Å²) < 4.78 is 10.7. The van der Waals surface area contributed by atoms with E-state index in [0.29, 0.717) is 28.0 Å². The van der Waals surface area contributed by atoms with Crippen molar-refractivity contribution < 1.29 is 13.9 Å². The number of carbonyl (C=O) groups is 1. The summed E-state index contributed by atoms with van der Waals surface area (Å²) in [6, 6.07) is 14.7. The summed E-state index contributed by atoms with van der Waals surface area (Å²) in [4.78, 5) is 12.1. The highest BCUT2D eigenvalue weighted by molar-refractivity contribution is 6.09. The van der Waals surface area contributed by atoms with Crippen LogP contribution in [0.5, 0.6) is 0 Å². The number of furan rings is 1. The number of nitrogens with two attached hydrogens (primary N) is 1. The Hall–Kier alpha value is -2.75. The highest BCUT2D eigenvalue weighted by Crippen LogP contribution is 2.34. The molecule has 0 amide bonds. The lowest BCUT2D eigenvalue weighted by Crippen LogP contribution is -2.01. The standard InChI is InChI=1S/C16H13NO3/c1-19-16(18)14-12-8-7-11(17)9-13(12)20-15(14)10-5-3-2-4-6-10/h2-9H,17H2,1H3. The van der Waals surface area contributed by atoms with Gasteiger partial charge < -0.3 is 14.9 Å². The molecule has 3 aromatic rings. The van der Waals surface area contributed by atoms with Gasteiger partial charge in [-0.15, -0.1) is 0 Å². The molecule has 20 heavy (non-hydrogen) atoms. The summed E-state index contributed by atoms with van der Waals surface area (Å²) in [6.45, 7) is 0. The van der Waals surface area contributed by atoms with Crippen LogP contribution in [0.25, 0.3) is 22.3 Å². The normalized spacial score (nSPS) is 10.7. The van der Waals surface area contributed by atoms with Crippen molar-refractivity contribution in [3.8, 4) is 11.3 Å². The van der Waals surface area contributed by atoms with Crippen LogP contribution in [0, 0.1) is 0 Å². The minimum Gasteiger partial charge on any atom is -0.465 e. The van der Waals surface area contributed by atoms with E-state index in [-0.39, 0.29) is 0 Å². The van der Waals surface area contributed by atoms with Crippen LogP contribution >= 0.6 is 0 Å². The number of methoxy groups -OCH3 is 1. The number of carbonyl (C=O) groups excluding carboxylic acids is 1. The second kappa shape index (κ2) is 4.74. The van der Waals surface area contributed by atoms with Crippen LogP contribution in [-0.4, -0.2) is 13.1 Å². The molecule has 4 heteroatoms. The van der Waals surface area contributed by atoms with Gasteiger partial charge >= 0.3 is 5.97 Å². The molecule has 2 aromatic carbocycles. The minimum absolute atomic E-state index is 0.424. The SMILES string of the molecule is COC(=O)c1c(-c2ccccc2)oc2cc(N)ccc12. The third-order valence-electron chi connectivity index (χ3n) is 3.14. The van der Waals surface area contributed by atoms with Gasteiger partial charge in [-0.2, -0.15) is 0 Å². The number of ether oxygens (including phenoxy) is 1. The van der Waals surface area contributed by atoms with Gasteiger partial charge in [0, 0.05) is 22.7 Å². The Morgan fingerprint density at radius 2 is 1.90 bits per heavy atom. The maximum Gasteiger partial charge on any atom is 0.342 e. The smallest absolute Gasteiger partial charge is 0.342 e. The number of esters is 1. The number of nitrogen functional groups attached to an aromatic ring is 1. The summed E-state index contributed by atoms with van der Waals surface area (Å²) in [5.74, 6) is 0.0745. The molecule has 0 unspecified atom stereocenters. The predicted molar refractivity (Wildman–Crippen MR) is 77.4 cm³/mol. The van der Waals surface area contributed by atoms with Crippen molar-refractivity contribution in [3.05, 3.63) is 54.1 Å². The van der Waals surface area contributed by atoms with E-state index in [1.165, 1.54) is 7.11 Å². The summed E-state index contributed by atoms with van der Waals surface area (Å²) in [7, 11) is 1.35. The largest absolute Gasteiger partial charge is 0.465 e. The zero-order chi connectivity index (χ0) is 14.1. The monoisotopic (exact) mass is 267 g/mol. The Morgan fingerprint density at radius 3 is 2.60 bits per heavy atom. The van der Waals surface area contributed by atoms with E-state index in [0.717, 1.165) is 5.56 Å². The Balaban J connectivity index is 2.33. The molecule has 0 saturated carbocycles. The quantitative estimate of drug-likeness (QED) is 0.570. The Bertz CT molecular complexity index is 775. The van der Waals surface area contributed by atoms with Gasteiger partial charge in [-0.3, -0.25) is 0 Å². The highest BCUT2D eigenvalue weighted by atomic mass is 16.5. The topological polar surface area (TPSA) is 65.5 Å². The van der Waals surface area contributed by atoms with Gasteiger partial charge in [-0.05, 0) is 12.1 Å². The van der Waals surface area contributed by atoms with Crippen molar-refractivity contribution in [2.24, 2.45) is 0 Å². The van der Waals surface area contributed by atoms with Gasteiger partial charge in [0.05, 0.1) is 7.11 Å². The second-order valence-corrected chi connectivity index (χ2v) is 4.42. The molecule has 4 nitrogen and oxygen atoms in total. The maximum atomic E-state index is 12.1. The van der Waals surface area contributed by atoms with Crippen molar-refractivity contribution in [1.82, 2.24) is 0 Å². The van der Waals surface area contributed by atoms with Crippen molar-refractivity contribution >= 4 is 22.6 Å². The van der Waals surface area contributed by atoms with Gasteiger partial charge in [0.25, 0.3) is 0 Å². The lowest BCUT2D eigenvalue weighted by molar-refractivity contribution is 0.0603. The van der Waals surface area contributed by atoms with Gasteiger partial charge in [-0.25, -0.2) is 4.79 Å². The zero-order valence-corrected chi connectivity index (χ0v) is 10.9. The number of hydrogen-bond acceptors (Lipinski definition) is 4. The molecule has 0 aliphatic heterocycles. The second-order valence-electron chi connectivity index (χ2n) is 4.42.